The lowest BCUT2D eigenvalue weighted by molar-refractivity contribution is 1.13. The van der Waals surface area contributed by atoms with E-state index in [0.29, 0.717) is 0 Å². The largest absolute Gasteiger partial charge is 0.113 e. The van der Waals surface area contributed by atoms with Gasteiger partial charge >= 0.3 is 0 Å². The van der Waals surface area contributed by atoms with E-state index < -0.39 is 0 Å². The summed E-state index contributed by atoms with van der Waals surface area (Å²) >= 11 is 0. The maximum atomic E-state index is 2.36. The summed E-state index contributed by atoms with van der Waals surface area (Å²) < 4.78 is 0. The molecule has 28 heavy (non-hydrogen) atoms. The predicted octanol–water partition coefficient (Wildman–Crippen LogP) is 6.91. The summed E-state index contributed by atoms with van der Waals surface area (Å²) in [6, 6.07) is 31.4. The Morgan fingerprint density at radius 1 is 0.429 bits per heavy atom. The third-order valence-electron chi connectivity index (χ3n) is 6.11. The van der Waals surface area contributed by atoms with Crippen LogP contribution in [0, 0.1) is 25.7 Å². The molecule has 0 saturated heterocycles. The first-order valence-electron chi connectivity index (χ1n) is 9.88. The van der Waals surface area contributed by atoms with Crippen molar-refractivity contribution in [2.45, 2.75) is 13.8 Å². The van der Waals surface area contributed by atoms with Crippen molar-refractivity contribution in [3.8, 4) is 22.3 Å². The minimum absolute atomic E-state index is 1.31. The van der Waals surface area contributed by atoms with Crippen LogP contribution in [0.1, 0.15) is 33.4 Å². The van der Waals surface area contributed by atoms with Crippen molar-refractivity contribution in [2.24, 2.45) is 0 Å². The molecule has 0 fully saturated rings. The van der Waals surface area contributed by atoms with E-state index in [2.05, 4.69) is 98.8 Å². The quantitative estimate of drug-likeness (QED) is 0.325. The smallest absolute Gasteiger partial charge is 0.0452 e. The van der Waals surface area contributed by atoms with Crippen LogP contribution in [0.25, 0.3) is 22.3 Å². The molecule has 0 spiro atoms. The molecular weight excluding hydrogens is 336 g/mol. The van der Waals surface area contributed by atoms with Gasteiger partial charge in [0.2, 0.25) is 0 Å². The molecule has 0 saturated carbocycles. The second-order valence-corrected chi connectivity index (χ2v) is 7.94. The summed E-state index contributed by atoms with van der Waals surface area (Å²) in [4.78, 5) is 0. The monoisotopic (exact) mass is 356 g/mol. The van der Waals surface area contributed by atoms with Crippen LogP contribution in [0.15, 0.2) is 84.9 Å². The van der Waals surface area contributed by atoms with Gasteiger partial charge in [-0.3, -0.25) is 0 Å². The maximum absolute atomic E-state index is 2.36. The molecule has 0 heterocycles. The zero-order valence-corrected chi connectivity index (χ0v) is 16.1. The van der Waals surface area contributed by atoms with Crippen molar-refractivity contribution in [1.82, 2.24) is 0 Å². The van der Waals surface area contributed by atoms with Crippen molar-refractivity contribution in [1.29, 1.82) is 0 Å². The predicted molar refractivity (Wildman–Crippen MR) is 116 cm³/mol. The van der Waals surface area contributed by atoms with Gasteiger partial charge in [-0.15, -0.1) is 0 Å². The molecule has 6 rings (SSSR count). The zero-order chi connectivity index (χ0) is 18.8. The van der Waals surface area contributed by atoms with E-state index in [1.54, 1.807) is 0 Å². The highest BCUT2D eigenvalue weighted by Crippen LogP contribution is 2.57. The molecule has 0 unspecified atom stereocenters. The van der Waals surface area contributed by atoms with Crippen molar-refractivity contribution >= 4 is 0 Å². The van der Waals surface area contributed by atoms with E-state index in [0.717, 1.165) is 0 Å². The molecule has 0 bridgehead atoms. The van der Waals surface area contributed by atoms with Crippen LogP contribution in [-0.4, -0.2) is 0 Å². The van der Waals surface area contributed by atoms with Gasteiger partial charge in [-0.05, 0) is 85.6 Å². The van der Waals surface area contributed by atoms with Gasteiger partial charge in [-0.25, -0.2) is 0 Å². The highest BCUT2D eigenvalue weighted by Gasteiger charge is 2.51. The van der Waals surface area contributed by atoms with E-state index in [1.165, 1.54) is 67.5 Å². The van der Waals surface area contributed by atoms with E-state index in [-0.39, 0.29) is 0 Å². The molecule has 0 atom stereocenters. The lowest BCUT2D eigenvalue weighted by Gasteiger charge is -2.14. The number of aryl methyl sites for hydroxylation is 2. The molecular formula is C28H20+2. The first-order valence-corrected chi connectivity index (χ1v) is 9.88. The highest BCUT2D eigenvalue weighted by molar-refractivity contribution is 5.94. The van der Waals surface area contributed by atoms with Crippen molar-refractivity contribution in [2.75, 3.05) is 0 Å². The van der Waals surface area contributed by atoms with Crippen LogP contribution in [0.2, 0.25) is 0 Å². The Hall–Kier alpha value is -3.38. The Morgan fingerprint density at radius 3 is 1.32 bits per heavy atom. The Balaban J connectivity index is 1.68. The summed E-state index contributed by atoms with van der Waals surface area (Å²) in [5.41, 5.74) is 13.4. The molecule has 2 aliphatic carbocycles. The minimum atomic E-state index is 1.31. The van der Waals surface area contributed by atoms with Gasteiger partial charge in [0, 0.05) is 24.3 Å². The number of rotatable bonds is 1. The number of hydrogen-bond acceptors (Lipinski definition) is 0. The van der Waals surface area contributed by atoms with E-state index in [1.807, 2.05) is 0 Å². The number of hydrogen-bond donors (Lipinski definition) is 0. The molecule has 0 heteroatoms. The van der Waals surface area contributed by atoms with Gasteiger partial charge in [0.25, 0.3) is 0 Å². The molecule has 0 aromatic heterocycles. The Labute approximate surface area is 166 Å². The molecule has 130 valence electrons. The Kier molecular flexibility index (Phi) is 3.11. The van der Waals surface area contributed by atoms with Gasteiger partial charge in [-0.2, -0.15) is 0 Å². The highest BCUT2D eigenvalue weighted by atomic mass is 14.4. The standard InChI is InChI=1S/C28H20/c1-17-11-13-21-22-14-12-18(2)16-26(22)28(25(21)15-17)27-23-9-5-3-7-19(23)20-8-4-6-10-24(20)27/h3-16H,1-2H3/q+2. The van der Waals surface area contributed by atoms with Crippen LogP contribution in [0.5, 0.6) is 0 Å². The fourth-order valence-corrected chi connectivity index (χ4v) is 4.90. The van der Waals surface area contributed by atoms with Crippen LogP contribution in [-0.2, 0) is 0 Å². The Morgan fingerprint density at radius 2 is 0.821 bits per heavy atom. The van der Waals surface area contributed by atoms with Gasteiger partial charge in [0.15, 0.2) is 0 Å². The first kappa shape index (κ1) is 15.7. The van der Waals surface area contributed by atoms with E-state index in [9.17, 15) is 0 Å². The maximum Gasteiger partial charge on any atom is 0.113 e. The summed E-state index contributed by atoms with van der Waals surface area (Å²) in [5, 5.41) is 0. The summed E-state index contributed by atoms with van der Waals surface area (Å²) in [7, 11) is 0. The Bertz CT molecular complexity index is 1150. The average Bonchev–Trinajstić information content (AvgIpc) is 3.19. The number of fused-ring (bicyclic) bond motifs is 6. The molecule has 0 amide bonds. The van der Waals surface area contributed by atoms with Crippen molar-refractivity contribution < 1.29 is 0 Å². The molecule has 0 radical (unpaired) electrons. The summed E-state index contributed by atoms with van der Waals surface area (Å²) in [6.45, 7) is 4.38. The number of benzene rings is 4. The van der Waals surface area contributed by atoms with Gasteiger partial charge in [-0.1, -0.05) is 0 Å². The second kappa shape index (κ2) is 5.56. The third kappa shape index (κ3) is 2.00. The summed E-state index contributed by atoms with van der Waals surface area (Å²) in [5.74, 6) is 2.76. The van der Waals surface area contributed by atoms with Gasteiger partial charge < -0.3 is 0 Å². The van der Waals surface area contributed by atoms with E-state index in [4.69, 9.17) is 0 Å². The minimum Gasteiger partial charge on any atom is -0.0452 e. The molecule has 2 aliphatic rings. The fourth-order valence-electron chi connectivity index (χ4n) is 4.90. The van der Waals surface area contributed by atoms with Crippen molar-refractivity contribution in [3.05, 3.63) is 130 Å². The lowest BCUT2D eigenvalue weighted by Crippen LogP contribution is -2.12. The fraction of sp³-hybridized carbons (Fsp3) is 0.0714. The topological polar surface area (TPSA) is 0 Å². The van der Waals surface area contributed by atoms with Gasteiger partial charge in [0.1, 0.15) is 34.1 Å². The molecule has 0 aliphatic heterocycles. The van der Waals surface area contributed by atoms with E-state index >= 15 is 0 Å². The molecule has 4 aromatic rings. The lowest BCUT2D eigenvalue weighted by atomic mass is 9.78. The normalized spacial score (nSPS) is 13.2. The van der Waals surface area contributed by atoms with Crippen molar-refractivity contribution in [3.63, 3.8) is 0 Å². The summed E-state index contributed by atoms with van der Waals surface area (Å²) in [6.07, 6.45) is 0. The van der Waals surface area contributed by atoms with Gasteiger partial charge in [0.05, 0.1) is 22.3 Å². The van der Waals surface area contributed by atoms with Crippen LogP contribution >= 0.6 is 0 Å². The molecule has 0 N–H and O–H groups in total. The second-order valence-electron chi connectivity index (χ2n) is 7.94. The molecule has 0 nitrogen and oxygen atoms in total. The SMILES string of the molecule is Cc1ccc2c(c1)[C+]([C+]1c3ccccc3-c3ccccc31)c1cc(C)ccc1-2. The van der Waals surface area contributed by atoms with Crippen LogP contribution in [0.3, 0.4) is 0 Å². The third-order valence-corrected chi connectivity index (χ3v) is 6.11. The molecule has 4 aromatic carbocycles. The van der Waals surface area contributed by atoms with Crippen LogP contribution < -0.4 is 0 Å². The van der Waals surface area contributed by atoms with Crippen LogP contribution in [0.4, 0.5) is 0 Å². The zero-order valence-electron chi connectivity index (χ0n) is 16.1. The average molecular weight is 356 g/mol. The first-order chi connectivity index (χ1) is 13.7.